The summed E-state index contributed by atoms with van der Waals surface area (Å²) >= 11 is 0. The van der Waals surface area contributed by atoms with Crippen LogP contribution in [0.25, 0.3) is 0 Å². The number of hydrogen-bond acceptors (Lipinski definition) is 17. The second-order valence-corrected chi connectivity index (χ2v) is 36.5. The molecule has 2 aromatic carbocycles. The number of nitrogens with one attached hydrogen (secondary N) is 2. The van der Waals surface area contributed by atoms with Crippen molar-refractivity contribution in [2.75, 3.05) is 71.0 Å². The van der Waals surface area contributed by atoms with E-state index in [2.05, 4.69) is 96.5 Å². The van der Waals surface area contributed by atoms with E-state index < -0.39 is 45.3 Å². The number of pyridine rings is 1. The number of rotatable bonds is 24. The zero-order valence-corrected chi connectivity index (χ0v) is 53.7. The number of nitrogens with zero attached hydrogens (tertiary/aromatic N) is 4. The number of likely N-dealkylation sites (tertiary alicyclic amines) is 2. The first-order valence-electron chi connectivity index (χ1n) is 26.9. The minimum atomic E-state index is -2.20. The summed E-state index contributed by atoms with van der Waals surface area (Å²) in [5.41, 5.74) is 1.29. The highest BCUT2D eigenvalue weighted by Gasteiger charge is 2.42. The van der Waals surface area contributed by atoms with Gasteiger partial charge < -0.3 is 47.1 Å². The Bertz CT molecular complexity index is 2800. The van der Waals surface area contributed by atoms with Gasteiger partial charge in [0, 0.05) is 49.2 Å². The molecule has 3 aromatic rings. The molecule has 0 unspecified atom stereocenters. The minimum absolute atomic E-state index is 0.0358. The van der Waals surface area contributed by atoms with E-state index in [-0.39, 0.29) is 116 Å². The normalized spacial score (nSPS) is 16.4. The van der Waals surface area contributed by atoms with E-state index >= 15 is 0 Å². The van der Waals surface area contributed by atoms with Crippen molar-refractivity contribution in [2.45, 2.75) is 153 Å². The lowest BCUT2D eigenvalue weighted by atomic mass is 10.1. The summed E-state index contributed by atoms with van der Waals surface area (Å²) in [6.45, 7) is 38.3. The van der Waals surface area contributed by atoms with E-state index in [9.17, 15) is 29.3 Å². The highest BCUT2D eigenvalue weighted by atomic mass is 33.1. The van der Waals surface area contributed by atoms with Gasteiger partial charge in [-0.1, -0.05) is 76.6 Å². The fourth-order valence-electron chi connectivity index (χ4n) is 8.02. The summed E-state index contributed by atoms with van der Waals surface area (Å²) in [5, 5.41) is 16.9. The van der Waals surface area contributed by atoms with Gasteiger partial charge in [-0.05, 0) is 106 Å². The van der Waals surface area contributed by atoms with Crippen LogP contribution < -0.4 is 29.6 Å². The van der Waals surface area contributed by atoms with Crippen LogP contribution in [0.3, 0.4) is 0 Å². The molecule has 0 radical (unpaired) electrons. The third-order valence-electron chi connectivity index (χ3n) is 14.6. The average molecular weight is 1200 g/mol. The Hall–Kier alpha value is -5.80. The topological polar surface area (TPSA) is 229 Å². The van der Waals surface area contributed by atoms with Crippen LogP contribution >= 0.6 is 21.6 Å². The number of carbonyl (C=O) groups is 4. The van der Waals surface area contributed by atoms with Gasteiger partial charge in [-0.3, -0.25) is 30.3 Å². The number of benzene rings is 2. The molecule has 0 bridgehead atoms. The molecule has 3 heterocycles. The molecule has 81 heavy (non-hydrogen) atoms. The smallest absolute Gasteiger partial charge is 0.412 e. The minimum Gasteiger partial charge on any atom is -0.493 e. The predicted octanol–water partition coefficient (Wildman–Crippen LogP) is 13.2. The molecule has 2 aliphatic rings. The lowest BCUT2D eigenvalue weighted by molar-refractivity contribution is -0.388. The molecule has 446 valence electrons. The van der Waals surface area contributed by atoms with Gasteiger partial charge in [0.15, 0.2) is 44.7 Å². The highest BCUT2D eigenvalue weighted by molar-refractivity contribution is 8.77. The van der Waals surface area contributed by atoms with Crippen LogP contribution in [-0.2, 0) is 18.3 Å². The Labute approximate surface area is 487 Å². The van der Waals surface area contributed by atoms with Crippen molar-refractivity contribution in [3.8, 4) is 23.0 Å². The molecule has 0 spiro atoms. The van der Waals surface area contributed by atoms with E-state index in [1.165, 1.54) is 67.6 Å². The number of anilines is 2. The first-order valence-corrected chi connectivity index (χ1v) is 35.0. The molecule has 2 saturated heterocycles. The quantitative estimate of drug-likeness (QED) is 0.0212. The lowest BCUT2D eigenvalue weighted by Crippen LogP contribution is -2.46. The fraction of sp³-hybridized carbons (Fsp3) is 0.561. The van der Waals surface area contributed by atoms with Gasteiger partial charge >= 0.3 is 17.9 Å². The first-order chi connectivity index (χ1) is 37.6. The third kappa shape index (κ3) is 18.1. The maximum Gasteiger partial charge on any atom is 0.412 e. The van der Waals surface area contributed by atoms with Gasteiger partial charge in [0.2, 0.25) is 0 Å². The van der Waals surface area contributed by atoms with Crippen LogP contribution in [0.15, 0.2) is 71.9 Å². The van der Waals surface area contributed by atoms with Crippen molar-refractivity contribution in [3.63, 3.8) is 0 Å². The average Bonchev–Trinajstić information content (AvgIpc) is 4.11. The van der Waals surface area contributed by atoms with Crippen molar-refractivity contribution >= 4 is 79.3 Å². The van der Waals surface area contributed by atoms with Crippen molar-refractivity contribution in [1.82, 2.24) is 14.8 Å². The number of hydrogen-bond donors (Lipinski definition) is 2. The van der Waals surface area contributed by atoms with Gasteiger partial charge in [0.05, 0.1) is 80.2 Å². The molecule has 5 rings (SSSR count). The Morgan fingerprint density at radius 2 is 1.21 bits per heavy atom. The van der Waals surface area contributed by atoms with Gasteiger partial charge in [-0.25, -0.2) is 14.6 Å². The van der Waals surface area contributed by atoms with Crippen LogP contribution in [0.4, 0.5) is 26.7 Å². The lowest BCUT2D eigenvalue weighted by Gasteiger charge is -2.38. The summed E-state index contributed by atoms with van der Waals surface area (Å²) in [5.74, 6) is 0.137. The first kappa shape index (κ1) is 66.0. The summed E-state index contributed by atoms with van der Waals surface area (Å²) in [4.78, 5) is 74.9. The van der Waals surface area contributed by atoms with Crippen LogP contribution in [0, 0.1) is 10.1 Å². The maximum absolute atomic E-state index is 14.7. The van der Waals surface area contributed by atoms with Crippen molar-refractivity contribution in [2.24, 2.45) is 0 Å². The molecular formula is C57H84N6O14S2Si2. The monoisotopic (exact) mass is 1200 g/mol. The van der Waals surface area contributed by atoms with Gasteiger partial charge in [0.1, 0.15) is 12.2 Å². The zero-order chi connectivity index (χ0) is 60.4. The zero-order valence-electron chi connectivity index (χ0n) is 50.1. The van der Waals surface area contributed by atoms with E-state index in [1.807, 2.05) is 0 Å². The summed E-state index contributed by atoms with van der Waals surface area (Å²) < 4.78 is 48.5. The molecule has 24 heteroatoms. The van der Waals surface area contributed by atoms with Crippen LogP contribution in [0.5, 0.6) is 23.0 Å². The molecular weight excluding hydrogens is 1110 g/mol. The largest absolute Gasteiger partial charge is 0.493 e. The van der Waals surface area contributed by atoms with Crippen molar-refractivity contribution in [1.29, 1.82) is 0 Å². The number of nitro groups is 1. The van der Waals surface area contributed by atoms with E-state index in [4.69, 9.17) is 37.3 Å². The number of carbonyl (C=O) groups excluding carboxylic acids is 4. The van der Waals surface area contributed by atoms with Crippen LogP contribution in [0.1, 0.15) is 109 Å². The summed E-state index contributed by atoms with van der Waals surface area (Å²) in [7, 11) is 0.884. The molecule has 3 atom stereocenters. The molecule has 2 aliphatic heterocycles. The van der Waals surface area contributed by atoms with Crippen molar-refractivity contribution in [3.05, 3.63) is 88.1 Å². The summed E-state index contributed by atoms with van der Waals surface area (Å²) in [6, 6.07) is 8.34. The second-order valence-electron chi connectivity index (χ2n) is 24.3. The molecule has 0 saturated carbocycles. The standard InChI is InChI=1S/C57H84N6O14S2Si2/c1-36-25-39(34-75-80(15,16)56(7,8)9)61(31-36)51(64)41-27-46(70-13)48(29-43(41)59-53(66)74-33-38(3)78-79-50-45(63(68)69)21-19-22-58-50)72-23-20-24-73-49-30-44(60-54(67)77-55(4,5)6)42(28-47(49)71-14)52(65)62-32-37(2)26-40(62)35-76-81(17,18)57(10,11)12/h19,21-22,27-30,38-40H,1-2,20,23-26,31-35H2,3-18H3,(H,59,66)(H,60,67)/t38-,39+,40+/m1/s1. The molecule has 2 fully saturated rings. The SMILES string of the molecule is C=C1C[C@@H](CO[Si](C)(C)C(C)(C)C)N(C(=O)c2cc(OC)c(OCCCOc3cc(NC(=O)OC(C)(C)C)c(C(=O)N4CC(=C)C[C@H]4CO[Si](C)(C)C(C)(C)C)cc3OC)cc2NC(=O)OC[C@@H](C)SSc2ncccc2[N+](=O)[O-])C1. The third-order valence-corrected chi connectivity index (χ3v) is 26.3. The number of aromatic nitrogens is 1. The molecule has 0 aliphatic carbocycles. The molecule has 2 N–H and O–H groups in total. The Balaban J connectivity index is 1.37. The number of amides is 4. The van der Waals surface area contributed by atoms with Crippen LogP contribution in [-0.4, -0.2) is 144 Å². The van der Waals surface area contributed by atoms with E-state index in [1.54, 1.807) is 37.5 Å². The Morgan fingerprint density at radius 1 is 0.753 bits per heavy atom. The maximum atomic E-state index is 14.7. The highest BCUT2D eigenvalue weighted by Crippen LogP contribution is 2.42. The number of methoxy groups -OCH3 is 2. The summed E-state index contributed by atoms with van der Waals surface area (Å²) in [6.07, 6.45) is 1.24. The predicted molar refractivity (Wildman–Crippen MR) is 324 cm³/mol. The number of ether oxygens (including phenoxy) is 6. The fourth-order valence-corrected chi connectivity index (χ4v) is 12.1. The molecule has 20 nitrogen and oxygen atoms in total. The van der Waals surface area contributed by atoms with E-state index in [0.717, 1.165) is 21.9 Å². The van der Waals surface area contributed by atoms with Crippen LogP contribution in [0.2, 0.25) is 36.3 Å². The Morgan fingerprint density at radius 3 is 1.63 bits per heavy atom. The second kappa shape index (κ2) is 27.5. The van der Waals surface area contributed by atoms with Gasteiger partial charge in [-0.15, -0.1) is 0 Å². The van der Waals surface area contributed by atoms with Gasteiger partial charge in [0.25, 0.3) is 11.8 Å². The molecule has 1 aromatic heterocycles. The molecule has 4 amide bonds. The van der Waals surface area contributed by atoms with Crippen molar-refractivity contribution < 1.29 is 61.4 Å². The Kier molecular flexibility index (Phi) is 22.4. The van der Waals surface area contributed by atoms with Gasteiger partial charge in [-0.2, -0.15) is 0 Å². The van der Waals surface area contributed by atoms with E-state index in [0.29, 0.717) is 39.0 Å².